The number of ether oxygens (including phenoxy) is 2. The zero-order chi connectivity index (χ0) is 22.1. The molecule has 0 aromatic heterocycles. The van der Waals surface area contributed by atoms with Crippen molar-refractivity contribution in [3.8, 4) is 11.5 Å². The number of halogens is 2. The molecule has 1 atom stereocenters. The minimum Gasteiger partial charge on any atom is -0.490 e. The summed E-state index contributed by atoms with van der Waals surface area (Å²) in [6, 6.07) is 22.8. The number of benzene rings is 3. The van der Waals surface area contributed by atoms with Crippen molar-refractivity contribution in [2.75, 3.05) is 6.61 Å². The zero-order valence-electron chi connectivity index (χ0n) is 18.0. The highest BCUT2D eigenvalue weighted by atomic mass is 79.9. The molecule has 3 rings (SSSR count). The second kappa shape index (κ2) is 12.1. The Morgan fingerprint density at radius 1 is 0.935 bits per heavy atom. The van der Waals surface area contributed by atoms with Crippen molar-refractivity contribution in [2.24, 2.45) is 0 Å². The van der Waals surface area contributed by atoms with Crippen LogP contribution in [0.25, 0.3) is 0 Å². The summed E-state index contributed by atoms with van der Waals surface area (Å²) in [5, 5.41) is 4.42. The molecular weight excluding hydrogens is 474 g/mol. The third kappa shape index (κ3) is 6.99. The summed E-state index contributed by atoms with van der Waals surface area (Å²) in [4.78, 5) is 0. The van der Waals surface area contributed by atoms with Crippen LogP contribution < -0.4 is 14.8 Å². The van der Waals surface area contributed by atoms with Crippen LogP contribution in [0.3, 0.4) is 0 Å². The van der Waals surface area contributed by atoms with Gasteiger partial charge in [-0.05, 0) is 70.2 Å². The Morgan fingerprint density at radius 3 is 2.35 bits per heavy atom. The maximum absolute atomic E-state index is 6.10. The number of hydrogen-bond donors (Lipinski definition) is 1. The second-order valence-corrected chi connectivity index (χ2v) is 8.68. The molecule has 0 amide bonds. The Balaban J connectivity index is 1.73. The molecule has 0 aliphatic carbocycles. The summed E-state index contributed by atoms with van der Waals surface area (Å²) < 4.78 is 12.9. The van der Waals surface area contributed by atoms with Gasteiger partial charge in [0.2, 0.25) is 0 Å². The van der Waals surface area contributed by atoms with E-state index < -0.39 is 0 Å². The Kier molecular flexibility index (Phi) is 9.26. The molecule has 0 fully saturated rings. The van der Waals surface area contributed by atoms with Crippen molar-refractivity contribution >= 4 is 27.5 Å². The van der Waals surface area contributed by atoms with Gasteiger partial charge in [0.1, 0.15) is 6.61 Å². The van der Waals surface area contributed by atoms with E-state index in [1.807, 2.05) is 31.2 Å². The first-order valence-electron chi connectivity index (χ1n) is 10.7. The fourth-order valence-electron chi connectivity index (χ4n) is 3.46. The SMILES string of the molecule is CCCC(NCc1cc(Br)c(OCc2ccc(Cl)cc2)c(OCC)c1)c1ccccc1. The predicted molar refractivity (Wildman–Crippen MR) is 132 cm³/mol. The van der Waals surface area contributed by atoms with Crippen LogP contribution in [0.15, 0.2) is 71.2 Å². The van der Waals surface area contributed by atoms with Crippen LogP contribution in [0.1, 0.15) is 49.4 Å². The van der Waals surface area contributed by atoms with Crippen LogP contribution in [0.5, 0.6) is 11.5 Å². The van der Waals surface area contributed by atoms with E-state index in [-0.39, 0.29) is 0 Å². The van der Waals surface area contributed by atoms with Crippen LogP contribution in [0.2, 0.25) is 5.02 Å². The van der Waals surface area contributed by atoms with Gasteiger partial charge in [-0.15, -0.1) is 0 Å². The average molecular weight is 503 g/mol. The number of nitrogens with one attached hydrogen (secondary N) is 1. The summed E-state index contributed by atoms with van der Waals surface area (Å²) in [6.45, 7) is 5.96. The van der Waals surface area contributed by atoms with E-state index >= 15 is 0 Å². The summed E-state index contributed by atoms with van der Waals surface area (Å²) in [5.41, 5.74) is 3.51. The Hall–Kier alpha value is -2.01. The smallest absolute Gasteiger partial charge is 0.175 e. The van der Waals surface area contributed by atoms with Gasteiger partial charge in [0, 0.05) is 17.6 Å². The van der Waals surface area contributed by atoms with E-state index in [4.69, 9.17) is 21.1 Å². The highest BCUT2D eigenvalue weighted by Crippen LogP contribution is 2.37. The molecule has 3 aromatic carbocycles. The molecule has 164 valence electrons. The third-order valence-corrected chi connectivity index (χ3v) is 5.84. The van der Waals surface area contributed by atoms with Crippen LogP contribution in [-0.4, -0.2) is 6.61 Å². The van der Waals surface area contributed by atoms with Crippen molar-refractivity contribution in [2.45, 2.75) is 45.9 Å². The zero-order valence-corrected chi connectivity index (χ0v) is 20.4. The highest BCUT2D eigenvalue weighted by molar-refractivity contribution is 9.10. The molecule has 0 radical (unpaired) electrons. The molecular formula is C26H29BrClNO2. The fourth-order valence-corrected chi connectivity index (χ4v) is 4.19. The van der Waals surface area contributed by atoms with Crippen LogP contribution in [-0.2, 0) is 13.2 Å². The van der Waals surface area contributed by atoms with Gasteiger partial charge in [-0.1, -0.05) is 67.4 Å². The van der Waals surface area contributed by atoms with Crippen LogP contribution in [0.4, 0.5) is 0 Å². The van der Waals surface area contributed by atoms with Gasteiger partial charge in [0.05, 0.1) is 11.1 Å². The standard InChI is InChI=1S/C26H29BrClNO2/c1-3-8-24(21-9-6-5-7-10-21)29-17-20-15-23(27)26(25(16-20)30-4-2)31-18-19-11-13-22(28)14-12-19/h5-7,9-16,24,29H,3-4,8,17-18H2,1-2H3. The lowest BCUT2D eigenvalue weighted by Crippen LogP contribution is -2.21. The summed E-state index contributed by atoms with van der Waals surface area (Å²) >= 11 is 9.66. The molecule has 31 heavy (non-hydrogen) atoms. The summed E-state index contributed by atoms with van der Waals surface area (Å²) in [6.07, 6.45) is 2.21. The first kappa shape index (κ1) is 23.6. The van der Waals surface area contributed by atoms with Crippen molar-refractivity contribution < 1.29 is 9.47 Å². The van der Waals surface area contributed by atoms with Crippen molar-refractivity contribution in [1.29, 1.82) is 0 Å². The van der Waals surface area contributed by atoms with Gasteiger partial charge < -0.3 is 14.8 Å². The molecule has 1 N–H and O–H groups in total. The Morgan fingerprint density at radius 2 is 1.68 bits per heavy atom. The van der Waals surface area contributed by atoms with Gasteiger partial charge in [-0.2, -0.15) is 0 Å². The van der Waals surface area contributed by atoms with Gasteiger partial charge in [-0.25, -0.2) is 0 Å². The minimum atomic E-state index is 0.321. The van der Waals surface area contributed by atoms with E-state index in [0.717, 1.165) is 40.7 Å². The van der Waals surface area contributed by atoms with Crippen LogP contribution >= 0.6 is 27.5 Å². The Bertz CT molecular complexity index is 948. The monoisotopic (exact) mass is 501 g/mol. The average Bonchev–Trinajstić information content (AvgIpc) is 2.78. The first-order valence-corrected chi connectivity index (χ1v) is 11.9. The van der Waals surface area contributed by atoms with Gasteiger partial charge in [0.25, 0.3) is 0 Å². The molecule has 1 unspecified atom stereocenters. The topological polar surface area (TPSA) is 30.5 Å². The van der Waals surface area contributed by atoms with E-state index in [2.05, 4.69) is 70.6 Å². The lowest BCUT2D eigenvalue weighted by atomic mass is 10.0. The molecule has 0 aliphatic rings. The minimum absolute atomic E-state index is 0.321. The van der Waals surface area contributed by atoms with Gasteiger partial charge in [-0.3, -0.25) is 0 Å². The molecule has 5 heteroatoms. The van der Waals surface area contributed by atoms with Crippen molar-refractivity contribution in [1.82, 2.24) is 5.32 Å². The molecule has 0 heterocycles. The van der Waals surface area contributed by atoms with E-state index in [0.29, 0.717) is 30.0 Å². The van der Waals surface area contributed by atoms with E-state index in [9.17, 15) is 0 Å². The molecule has 0 spiro atoms. The number of hydrogen-bond acceptors (Lipinski definition) is 3. The molecule has 3 nitrogen and oxygen atoms in total. The first-order chi connectivity index (χ1) is 15.1. The molecule has 0 saturated carbocycles. The molecule has 0 bridgehead atoms. The van der Waals surface area contributed by atoms with E-state index in [1.165, 1.54) is 5.56 Å². The second-order valence-electron chi connectivity index (χ2n) is 7.39. The van der Waals surface area contributed by atoms with Gasteiger partial charge >= 0.3 is 0 Å². The maximum atomic E-state index is 6.10. The largest absolute Gasteiger partial charge is 0.490 e. The predicted octanol–water partition coefficient (Wildman–Crippen LogP) is 7.71. The quantitative estimate of drug-likeness (QED) is 0.291. The fraction of sp³-hybridized carbons (Fsp3) is 0.308. The lowest BCUT2D eigenvalue weighted by molar-refractivity contribution is 0.267. The number of rotatable bonds is 11. The Labute approximate surface area is 198 Å². The summed E-state index contributed by atoms with van der Waals surface area (Å²) in [5.74, 6) is 1.46. The van der Waals surface area contributed by atoms with Crippen molar-refractivity contribution in [3.05, 3.63) is 92.9 Å². The van der Waals surface area contributed by atoms with Crippen LogP contribution in [0, 0.1) is 0 Å². The molecule has 0 aliphatic heterocycles. The highest BCUT2D eigenvalue weighted by Gasteiger charge is 2.15. The summed E-state index contributed by atoms with van der Waals surface area (Å²) in [7, 11) is 0. The van der Waals surface area contributed by atoms with Crippen molar-refractivity contribution in [3.63, 3.8) is 0 Å². The normalized spacial score (nSPS) is 11.9. The molecule has 3 aromatic rings. The third-order valence-electron chi connectivity index (χ3n) is 5.00. The maximum Gasteiger partial charge on any atom is 0.175 e. The lowest BCUT2D eigenvalue weighted by Gasteiger charge is -2.20. The van der Waals surface area contributed by atoms with E-state index in [1.54, 1.807) is 0 Å². The molecule has 0 saturated heterocycles. The van der Waals surface area contributed by atoms with Gasteiger partial charge in [0.15, 0.2) is 11.5 Å².